The standard InChI is InChI=1S/C25H22N2O3S2/c1-16-4-6-20(17(2)12-16)27-24(28)23(32-25(27)31)14-19-5-7-21(22(13-19)29-3)30-15-18-8-10-26-11-9-18/h4-14H,15H2,1-3H3/b23-14-. The van der Waals surface area contributed by atoms with E-state index >= 15 is 0 Å². The van der Waals surface area contributed by atoms with Crippen LogP contribution < -0.4 is 14.4 Å². The number of thioether (sulfide) groups is 1. The molecule has 0 bridgehead atoms. The Labute approximate surface area is 197 Å². The minimum atomic E-state index is -0.121. The first-order chi connectivity index (χ1) is 15.5. The lowest BCUT2D eigenvalue weighted by atomic mass is 10.1. The van der Waals surface area contributed by atoms with Crippen molar-refractivity contribution >= 4 is 46.0 Å². The molecular formula is C25H22N2O3S2. The molecule has 162 valence electrons. The van der Waals surface area contributed by atoms with Gasteiger partial charge in [0.2, 0.25) is 0 Å². The van der Waals surface area contributed by atoms with E-state index in [4.69, 9.17) is 21.7 Å². The first kappa shape index (κ1) is 22.0. The summed E-state index contributed by atoms with van der Waals surface area (Å²) in [7, 11) is 1.60. The summed E-state index contributed by atoms with van der Waals surface area (Å²) in [5.41, 5.74) is 4.82. The van der Waals surface area contributed by atoms with Gasteiger partial charge >= 0.3 is 0 Å². The number of benzene rings is 2. The number of nitrogens with zero attached hydrogens (tertiary/aromatic N) is 2. The van der Waals surface area contributed by atoms with Crippen molar-refractivity contribution in [2.45, 2.75) is 20.5 Å². The average molecular weight is 463 g/mol. The van der Waals surface area contributed by atoms with Gasteiger partial charge in [0, 0.05) is 12.4 Å². The summed E-state index contributed by atoms with van der Waals surface area (Å²) < 4.78 is 11.9. The quantitative estimate of drug-likeness (QED) is 0.346. The van der Waals surface area contributed by atoms with E-state index in [0.29, 0.717) is 27.3 Å². The molecule has 32 heavy (non-hydrogen) atoms. The fourth-order valence-electron chi connectivity index (χ4n) is 3.42. The second kappa shape index (κ2) is 9.54. The molecule has 0 N–H and O–H groups in total. The fraction of sp³-hybridized carbons (Fsp3) is 0.160. The molecule has 7 heteroatoms. The maximum atomic E-state index is 13.1. The third kappa shape index (κ3) is 4.69. The van der Waals surface area contributed by atoms with Crippen molar-refractivity contribution in [3.63, 3.8) is 0 Å². The monoisotopic (exact) mass is 462 g/mol. The van der Waals surface area contributed by atoms with Gasteiger partial charge in [-0.3, -0.25) is 14.7 Å². The van der Waals surface area contributed by atoms with Crippen molar-refractivity contribution < 1.29 is 14.3 Å². The predicted molar refractivity (Wildman–Crippen MR) is 133 cm³/mol. The summed E-state index contributed by atoms with van der Waals surface area (Å²) in [5, 5.41) is 0. The topological polar surface area (TPSA) is 51.7 Å². The molecule has 2 heterocycles. The minimum Gasteiger partial charge on any atom is -0.493 e. The largest absolute Gasteiger partial charge is 0.493 e. The van der Waals surface area contributed by atoms with Crippen LogP contribution >= 0.6 is 24.0 Å². The first-order valence-corrected chi connectivity index (χ1v) is 11.2. The molecule has 5 nitrogen and oxygen atoms in total. The van der Waals surface area contributed by atoms with E-state index in [2.05, 4.69) is 4.98 Å². The number of methoxy groups -OCH3 is 1. The third-order valence-corrected chi connectivity index (χ3v) is 6.32. The molecule has 1 amide bonds. The van der Waals surface area contributed by atoms with Crippen molar-refractivity contribution in [2.75, 3.05) is 12.0 Å². The number of pyridine rings is 1. The molecule has 2 aromatic carbocycles. The van der Waals surface area contributed by atoms with Gasteiger partial charge in [0.1, 0.15) is 6.61 Å². The lowest BCUT2D eigenvalue weighted by molar-refractivity contribution is -0.113. The molecule has 1 aliphatic rings. The Bertz CT molecular complexity index is 1210. The van der Waals surface area contributed by atoms with Crippen LogP contribution in [-0.4, -0.2) is 22.3 Å². The fourth-order valence-corrected chi connectivity index (χ4v) is 4.70. The van der Waals surface area contributed by atoms with Crippen LogP contribution in [0.1, 0.15) is 22.3 Å². The number of aromatic nitrogens is 1. The van der Waals surface area contributed by atoms with Crippen molar-refractivity contribution in [1.29, 1.82) is 0 Å². The maximum absolute atomic E-state index is 13.1. The van der Waals surface area contributed by atoms with Crippen LogP contribution in [0.4, 0.5) is 5.69 Å². The zero-order valence-electron chi connectivity index (χ0n) is 18.0. The Hall–Kier alpha value is -3.16. The smallest absolute Gasteiger partial charge is 0.270 e. The summed E-state index contributed by atoms with van der Waals surface area (Å²) >= 11 is 6.81. The molecule has 0 radical (unpaired) electrons. The number of thiocarbonyl (C=S) groups is 1. The summed E-state index contributed by atoms with van der Waals surface area (Å²) in [4.78, 5) is 19.3. The van der Waals surface area contributed by atoms with Gasteiger partial charge in [-0.15, -0.1) is 0 Å². The number of rotatable bonds is 6. The number of aryl methyl sites for hydroxylation is 2. The van der Waals surface area contributed by atoms with E-state index in [0.717, 1.165) is 27.9 Å². The molecule has 0 saturated carbocycles. The second-order valence-corrected chi connectivity index (χ2v) is 9.04. The number of hydrogen-bond acceptors (Lipinski definition) is 6. The number of anilines is 1. The summed E-state index contributed by atoms with van der Waals surface area (Å²) in [6.45, 7) is 4.42. The van der Waals surface area contributed by atoms with E-state index in [1.165, 1.54) is 11.8 Å². The van der Waals surface area contributed by atoms with Crippen LogP contribution in [-0.2, 0) is 11.4 Å². The average Bonchev–Trinajstić information content (AvgIpc) is 3.06. The van der Waals surface area contributed by atoms with Gasteiger partial charge in [-0.05, 0) is 66.9 Å². The number of amides is 1. The Balaban J connectivity index is 1.55. The van der Waals surface area contributed by atoms with Gasteiger partial charge in [0.05, 0.1) is 17.7 Å². The van der Waals surface area contributed by atoms with E-state index in [-0.39, 0.29) is 5.91 Å². The molecule has 1 aromatic heterocycles. The van der Waals surface area contributed by atoms with Gasteiger partial charge in [-0.1, -0.05) is 47.7 Å². The van der Waals surface area contributed by atoms with Gasteiger partial charge < -0.3 is 9.47 Å². The highest BCUT2D eigenvalue weighted by Gasteiger charge is 2.34. The molecule has 4 rings (SSSR count). The molecule has 3 aromatic rings. The highest BCUT2D eigenvalue weighted by Crippen LogP contribution is 2.38. The molecule has 0 spiro atoms. The van der Waals surface area contributed by atoms with E-state index in [9.17, 15) is 4.79 Å². The number of carbonyl (C=O) groups is 1. The molecular weight excluding hydrogens is 440 g/mol. The Morgan fingerprint density at radius 1 is 1.06 bits per heavy atom. The zero-order valence-corrected chi connectivity index (χ0v) is 19.6. The second-order valence-electron chi connectivity index (χ2n) is 7.36. The minimum absolute atomic E-state index is 0.121. The van der Waals surface area contributed by atoms with Gasteiger partial charge in [0.15, 0.2) is 15.8 Å². The van der Waals surface area contributed by atoms with Crippen molar-refractivity contribution in [3.05, 3.63) is 88.1 Å². The number of carbonyl (C=O) groups excluding carboxylic acids is 1. The molecule has 1 aliphatic heterocycles. The zero-order chi connectivity index (χ0) is 22.7. The molecule has 0 atom stereocenters. The highest BCUT2D eigenvalue weighted by molar-refractivity contribution is 8.27. The van der Waals surface area contributed by atoms with E-state index < -0.39 is 0 Å². The first-order valence-electron chi connectivity index (χ1n) is 10.0. The van der Waals surface area contributed by atoms with Crippen LogP contribution in [0.3, 0.4) is 0 Å². The van der Waals surface area contributed by atoms with Crippen LogP contribution in [0.5, 0.6) is 11.5 Å². The van der Waals surface area contributed by atoms with E-state index in [1.54, 1.807) is 24.4 Å². The Kier molecular flexibility index (Phi) is 6.58. The lowest BCUT2D eigenvalue weighted by Gasteiger charge is -2.17. The molecule has 0 unspecified atom stereocenters. The summed E-state index contributed by atoms with van der Waals surface area (Å²) in [6, 6.07) is 15.4. The SMILES string of the molecule is COc1cc(/C=C2\SC(=S)N(c3ccc(C)cc3C)C2=O)ccc1OCc1ccncc1. The van der Waals surface area contributed by atoms with Gasteiger partial charge in [-0.2, -0.15) is 0 Å². The molecule has 1 fully saturated rings. The van der Waals surface area contributed by atoms with Crippen LogP contribution in [0, 0.1) is 13.8 Å². The van der Waals surface area contributed by atoms with Crippen molar-refractivity contribution in [2.24, 2.45) is 0 Å². The normalized spacial score (nSPS) is 14.8. The lowest BCUT2D eigenvalue weighted by Crippen LogP contribution is -2.28. The summed E-state index contributed by atoms with van der Waals surface area (Å²) in [6.07, 6.45) is 5.29. The molecule has 1 saturated heterocycles. The Morgan fingerprint density at radius 2 is 1.84 bits per heavy atom. The van der Waals surface area contributed by atoms with Gasteiger partial charge in [0.25, 0.3) is 5.91 Å². The van der Waals surface area contributed by atoms with Crippen LogP contribution in [0.15, 0.2) is 65.8 Å². The van der Waals surface area contributed by atoms with Gasteiger partial charge in [-0.25, -0.2) is 0 Å². The molecule has 0 aliphatic carbocycles. The third-order valence-electron chi connectivity index (χ3n) is 5.02. The highest BCUT2D eigenvalue weighted by atomic mass is 32.2. The maximum Gasteiger partial charge on any atom is 0.270 e. The number of ether oxygens (including phenoxy) is 2. The van der Waals surface area contributed by atoms with Crippen LogP contribution in [0.25, 0.3) is 6.08 Å². The van der Waals surface area contributed by atoms with Crippen LogP contribution in [0.2, 0.25) is 0 Å². The summed E-state index contributed by atoms with van der Waals surface area (Å²) in [5.74, 6) is 1.10. The van der Waals surface area contributed by atoms with E-state index in [1.807, 2.05) is 68.5 Å². The Morgan fingerprint density at radius 3 is 2.56 bits per heavy atom. The predicted octanol–water partition coefficient (Wildman–Crippen LogP) is 5.69. The number of hydrogen-bond donors (Lipinski definition) is 0. The van der Waals surface area contributed by atoms with Crippen molar-refractivity contribution in [1.82, 2.24) is 4.98 Å². The van der Waals surface area contributed by atoms with Crippen molar-refractivity contribution in [3.8, 4) is 11.5 Å².